The number of amides is 2. The van der Waals surface area contributed by atoms with Crippen molar-refractivity contribution in [2.45, 2.75) is 40.0 Å². The van der Waals surface area contributed by atoms with E-state index in [-0.39, 0.29) is 6.03 Å². The fourth-order valence-corrected chi connectivity index (χ4v) is 4.63. The van der Waals surface area contributed by atoms with E-state index in [9.17, 15) is 4.79 Å². The summed E-state index contributed by atoms with van der Waals surface area (Å²) in [5, 5.41) is 9.13. The lowest BCUT2D eigenvalue weighted by atomic mass is 9.98. The van der Waals surface area contributed by atoms with E-state index in [2.05, 4.69) is 57.9 Å². The van der Waals surface area contributed by atoms with Gasteiger partial charge in [-0.15, -0.1) is 0 Å². The summed E-state index contributed by atoms with van der Waals surface area (Å²) in [7, 11) is 1.86. The number of urea groups is 1. The predicted molar refractivity (Wildman–Crippen MR) is 161 cm³/mol. The van der Waals surface area contributed by atoms with Gasteiger partial charge in [-0.05, 0) is 91.6 Å². The first-order valence-corrected chi connectivity index (χ1v) is 13.9. The number of carbonyl (C=O) groups is 2. The normalized spacial score (nSPS) is 15.3. The van der Waals surface area contributed by atoms with Crippen LogP contribution in [0.5, 0.6) is 0 Å². The van der Waals surface area contributed by atoms with Crippen LogP contribution in [0.15, 0.2) is 48.7 Å². The molecule has 0 unspecified atom stereocenters. The number of aromatic nitrogens is 2. The third-order valence-corrected chi connectivity index (χ3v) is 7.38. The molecule has 9 heteroatoms. The maximum Gasteiger partial charge on any atom is 0.319 e. The molecule has 2 aliphatic rings. The summed E-state index contributed by atoms with van der Waals surface area (Å²) in [6, 6.07) is 14.1. The Morgan fingerprint density at radius 3 is 2.55 bits per heavy atom. The van der Waals surface area contributed by atoms with Crippen molar-refractivity contribution < 1.29 is 14.3 Å². The summed E-state index contributed by atoms with van der Waals surface area (Å²) < 4.78 is 5.57. The minimum absolute atomic E-state index is 0.167. The van der Waals surface area contributed by atoms with Gasteiger partial charge in [0.05, 0.1) is 18.9 Å². The number of aldehydes is 1. The van der Waals surface area contributed by atoms with E-state index in [1.165, 1.54) is 19.8 Å². The van der Waals surface area contributed by atoms with Crippen LogP contribution >= 0.6 is 0 Å². The van der Waals surface area contributed by atoms with Crippen molar-refractivity contribution in [2.24, 2.45) is 5.41 Å². The van der Waals surface area contributed by atoms with Gasteiger partial charge in [0.25, 0.3) is 0 Å². The number of carbonyl (C=O) groups excluding carboxylic acids is 2. The lowest BCUT2D eigenvalue weighted by molar-refractivity contribution is -0.106. The Hall–Kier alpha value is -3.98. The van der Waals surface area contributed by atoms with E-state index in [0.29, 0.717) is 25.2 Å². The largest absolute Gasteiger partial charge is 0.378 e. The Morgan fingerprint density at radius 2 is 1.85 bits per heavy atom. The molecule has 1 aliphatic carbocycles. The van der Waals surface area contributed by atoms with E-state index in [1.807, 2.05) is 31.3 Å². The number of morpholine rings is 1. The minimum Gasteiger partial charge on any atom is -0.378 e. The molecule has 2 aromatic heterocycles. The standard InChI is InChI=1S/C29H36N6O2.C2H4O/c1-20-4-5-23(33-28(36)32-11-9-29(2)7-8-29)19-24(20)22-16-25(21-6-10-31-26(17-21)30-3)34-27(18-22)35-12-14-37-15-13-35;1-2-3/h4-6,10,16-19H,7-9,11-15H2,1-3H3,(H,30,31)(H2,32,33,36);2H,1H3. The molecule has 2 amide bonds. The first-order valence-electron chi connectivity index (χ1n) is 13.9. The van der Waals surface area contributed by atoms with Gasteiger partial charge in [-0.25, -0.2) is 14.8 Å². The maximum absolute atomic E-state index is 12.5. The summed E-state index contributed by atoms with van der Waals surface area (Å²) >= 11 is 0. The van der Waals surface area contributed by atoms with E-state index >= 15 is 0 Å². The highest BCUT2D eigenvalue weighted by Gasteiger charge is 2.36. The number of nitrogens with one attached hydrogen (secondary N) is 3. The molecule has 1 saturated heterocycles. The van der Waals surface area contributed by atoms with Gasteiger partial charge in [-0.1, -0.05) is 13.0 Å². The van der Waals surface area contributed by atoms with Gasteiger partial charge in [0.2, 0.25) is 0 Å². The number of pyridine rings is 2. The van der Waals surface area contributed by atoms with Gasteiger partial charge >= 0.3 is 6.03 Å². The minimum atomic E-state index is -0.167. The monoisotopic (exact) mass is 544 g/mol. The second-order valence-corrected chi connectivity index (χ2v) is 10.6. The molecule has 0 radical (unpaired) electrons. The summed E-state index contributed by atoms with van der Waals surface area (Å²) in [5.74, 6) is 1.71. The van der Waals surface area contributed by atoms with Crippen LogP contribution in [0.4, 0.5) is 22.1 Å². The van der Waals surface area contributed by atoms with Crippen LogP contribution in [-0.2, 0) is 9.53 Å². The number of nitrogens with zero attached hydrogens (tertiary/aromatic N) is 3. The average molecular weight is 545 g/mol. The van der Waals surface area contributed by atoms with Gasteiger partial charge < -0.3 is 30.4 Å². The van der Waals surface area contributed by atoms with Crippen LogP contribution < -0.4 is 20.9 Å². The zero-order chi connectivity index (χ0) is 28.5. The van der Waals surface area contributed by atoms with Crippen LogP contribution in [0.2, 0.25) is 0 Å². The SMILES string of the molecule is CC=O.CNc1cc(-c2cc(-c3cc(NC(=O)NCCC4(C)CC4)ccc3C)cc(N3CCOCC3)n2)ccn1. The number of hydrogen-bond donors (Lipinski definition) is 3. The third kappa shape index (κ3) is 7.79. The lowest BCUT2D eigenvalue weighted by Gasteiger charge is -2.28. The molecule has 40 heavy (non-hydrogen) atoms. The zero-order valence-electron chi connectivity index (χ0n) is 23.9. The van der Waals surface area contributed by atoms with E-state index < -0.39 is 0 Å². The zero-order valence-corrected chi connectivity index (χ0v) is 23.9. The molecule has 2 fully saturated rings. The highest BCUT2D eigenvalue weighted by Crippen LogP contribution is 2.47. The molecule has 0 spiro atoms. The van der Waals surface area contributed by atoms with Crippen LogP contribution in [0.3, 0.4) is 0 Å². The number of ether oxygens (including phenoxy) is 1. The summed E-state index contributed by atoms with van der Waals surface area (Å²) in [6.45, 7) is 9.48. The highest BCUT2D eigenvalue weighted by molar-refractivity contribution is 5.90. The predicted octanol–water partition coefficient (Wildman–Crippen LogP) is 5.51. The molecule has 3 aromatic rings. The van der Waals surface area contributed by atoms with Crippen LogP contribution in [-0.4, -0.2) is 62.2 Å². The summed E-state index contributed by atoms with van der Waals surface area (Å²) in [4.78, 5) is 33.0. The van der Waals surface area contributed by atoms with Gasteiger partial charge in [-0.3, -0.25) is 0 Å². The number of anilines is 3. The Kier molecular flexibility index (Phi) is 9.71. The quantitative estimate of drug-likeness (QED) is 0.321. The van der Waals surface area contributed by atoms with Crippen molar-refractivity contribution in [3.05, 3.63) is 54.2 Å². The molecule has 1 aliphatic heterocycles. The summed E-state index contributed by atoms with van der Waals surface area (Å²) in [6.07, 6.45) is 6.08. The Morgan fingerprint density at radius 1 is 1.10 bits per heavy atom. The van der Waals surface area contributed by atoms with Crippen molar-refractivity contribution in [1.29, 1.82) is 0 Å². The molecule has 0 atom stereocenters. The van der Waals surface area contributed by atoms with Crippen LogP contribution in [0.25, 0.3) is 22.4 Å². The second-order valence-electron chi connectivity index (χ2n) is 10.6. The van der Waals surface area contributed by atoms with E-state index in [4.69, 9.17) is 14.5 Å². The topological polar surface area (TPSA) is 108 Å². The molecule has 212 valence electrons. The van der Waals surface area contributed by atoms with Gasteiger partial charge in [0.1, 0.15) is 17.9 Å². The Balaban J connectivity index is 0.00000118. The number of aryl methyl sites for hydroxylation is 1. The first-order chi connectivity index (χ1) is 19.3. The molecule has 9 nitrogen and oxygen atoms in total. The fraction of sp³-hybridized carbons (Fsp3) is 0.419. The van der Waals surface area contributed by atoms with Crippen LogP contribution in [0, 0.1) is 12.3 Å². The molecular weight excluding hydrogens is 504 g/mol. The third-order valence-electron chi connectivity index (χ3n) is 7.38. The van der Waals surface area contributed by atoms with Gasteiger partial charge in [0.15, 0.2) is 0 Å². The Labute approximate surface area is 236 Å². The van der Waals surface area contributed by atoms with Gasteiger partial charge in [-0.2, -0.15) is 0 Å². The molecule has 1 aromatic carbocycles. The molecule has 3 N–H and O–H groups in total. The van der Waals surface area contributed by atoms with Crippen LogP contribution in [0.1, 0.15) is 38.7 Å². The van der Waals surface area contributed by atoms with E-state index in [1.54, 1.807) is 6.20 Å². The maximum atomic E-state index is 12.5. The second kappa shape index (κ2) is 13.4. The summed E-state index contributed by atoms with van der Waals surface area (Å²) in [5.41, 5.74) is 6.30. The first kappa shape index (κ1) is 29.0. The smallest absolute Gasteiger partial charge is 0.319 e. The van der Waals surface area contributed by atoms with Crippen molar-refractivity contribution in [2.75, 3.05) is 55.4 Å². The number of rotatable bonds is 8. The number of hydrogen-bond acceptors (Lipinski definition) is 7. The molecule has 0 bridgehead atoms. The molecular formula is C31H40N6O3. The van der Waals surface area contributed by atoms with E-state index in [0.717, 1.165) is 71.1 Å². The van der Waals surface area contributed by atoms with Crippen molar-refractivity contribution in [3.63, 3.8) is 0 Å². The van der Waals surface area contributed by atoms with Crippen molar-refractivity contribution in [3.8, 4) is 22.4 Å². The average Bonchev–Trinajstić information content (AvgIpc) is 3.71. The van der Waals surface area contributed by atoms with Crippen molar-refractivity contribution in [1.82, 2.24) is 15.3 Å². The lowest BCUT2D eigenvalue weighted by Crippen LogP contribution is -2.36. The van der Waals surface area contributed by atoms with Crippen molar-refractivity contribution >= 4 is 29.6 Å². The highest BCUT2D eigenvalue weighted by atomic mass is 16.5. The number of benzene rings is 1. The van der Waals surface area contributed by atoms with Gasteiger partial charge in [0, 0.05) is 44.1 Å². The Bertz CT molecular complexity index is 1320. The fourth-order valence-electron chi connectivity index (χ4n) is 4.63. The molecule has 1 saturated carbocycles. The molecule has 5 rings (SSSR count). The molecule has 3 heterocycles.